The number of aromatic nitrogens is 2. The monoisotopic (exact) mass is 391 g/mol. The molecule has 0 atom stereocenters. The molecule has 138 valence electrons. The summed E-state index contributed by atoms with van der Waals surface area (Å²) in [4.78, 5) is 4.79. The largest absolute Gasteiger partial charge is 0.494 e. The van der Waals surface area contributed by atoms with Crippen molar-refractivity contribution in [3.8, 4) is 5.75 Å². The van der Waals surface area contributed by atoms with E-state index in [1.54, 1.807) is 19.2 Å². The lowest BCUT2D eigenvalue weighted by Gasteiger charge is -2.16. The molecule has 4 nitrogen and oxygen atoms in total. The number of aryl methyl sites for hydroxylation is 1. The molecule has 1 heterocycles. The molecule has 3 rings (SSSR count). The summed E-state index contributed by atoms with van der Waals surface area (Å²) >= 11 is 12.3. The third-order valence-corrected chi connectivity index (χ3v) is 5.39. The second-order valence-electron chi connectivity index (χ2n) is 6.31. The van der Waals surface area contributed by atoms with Crippen molar-refractivity contribution in [2.75, 3.05) is 12.4 Å². The number of imidazole rings is 1. The van der Waals surface area contributed by atoms with Crippen LogP contribution in [0.1, 0.15) is 38.2 Å². The Labute approximate surface area is 164 Å². The highest BCUT2D eigenvalue weighted by Crippen LogP contribution is 2.37. The maximum atomic E-state index is 6.31. The van der Waals surface area contributed by atoms with Gasteiger partial charge in [-0.15, -0.1) is 0 Å². The summed E-state index contributed by atoms with van der Waals surface area (Å²) in [6, 6.07) is 9.52. The lowest BCUT2D eigenvalue weighted by molar-refractivity contribution is 0.418. The number of hydrogen-bond acceptors (Lipinski definition) is 3. The first-order valence-corrected chi connectivity index (χ1v) is 9.51. The van der Waals surface area contributed by atoms with Crippen LogP contribution in [0.15, 0.2) is 30.3 Å². The van der Waals surface area contributed by atoms with Crippen LogP contribution < -0.4 is 10.1 Å². The van der Waals surface area contributed by atoms with Crippen LogP contribution in [0.3, 0.4) is 0 Å². The van der Waals surface area contributed by atoms with Crippen LogP contribution >= 0.6 is 23.2 Å². The predicted octanol–water partition coefficient (Wildman–Crippen LogP) is 6.54. The summed E-state index contributed by atoms with van der Waals surface area (Å²) in [5.74, 6) is 1.95. The number of nitrogens with one attached hydrogen (secondary N) is 1. The molecule has 0 spiro atoms. The molecule has 26 heavy (non-hydrogen) atoms. The SMILES string of the molecule is CCC(CC)c1ccc(OC)c2nc(Nc3ccc(Cl)cc3Cl)n(C)c12. The number of anilines is 2. The van der Waals surface area contributed by atoms with E-state index in [0.717, 1.165) is 35.3 Å². The van der Waals surface area contributed by atoms with Crippen molar-refractivity contribution < 1.29 is 4.74 Å². The highest BCUT2D eigenvalue weighted by Gasteiger charge is 2.20. The van der Waals surface area contributed by atoms with E-state index < -0.39 is 0 Å². The average molecular weight is 392 g/mol. The zero-order valence-electron chi connectivity index (χ0n) is 15.4. The minimum Gasteiger partial charge on any atom is -0.494 e. The van der Waals surface area contributed by atoms with Gasteiger partial charge in [0.05, 0.1) is 23.3 Å². The van der Waals surface area contributed by atoms with E-state index in [-0.39, 0.29) is 0 Å². The quantitative estimate of drug-likeness (QED) is 0.518. The third-order valence-electron chi connectivity index (χ3n) is 4.84. The Bertz CT molecular complexity index is 932. The molecule has 1 aromatic heterocycles. The van der Waals surface area contributed by atoms with Crippen LogP contribution in [0.5, 0.6) is 5.75 Å². The fraction of sp³-hybridized carbons (Fsp3) is 0.350. The Hall–Kier alpha value is -1.91. The van der Waals surface area contributed by atoms with Crippen LogP contribution in [0.4, 0.5) is 11.6 Å². The smallest absolute Gasteiger partial charge is 0.208 e. The van der Waals surface area contributed by atoms with Gasteiger partial charge in [0, 0.05) is 12.1 Å². The molecule has 0 amide bonds. The molecule has 0 saturated heterocycles. The first-order chi connectivity index (χ1) is 12.5. The zero-order chi connectivity index (χ0) is 18.8. The number of methoxy groups -OCH3 is 1. The van der Waals surface area contributed by atoms with E-state index in [0.29, 0.717) is 21.9 Å². The van der Waals surface area contributed by atoms with Gasteiger partial charge in [-0.25, -0.2) is 4.98 Å². The van der Waals surface area contributed by atoms with Crippen molar-refractivity contribution in [2.24, 2.45) is 7.05 Å². The molecule has 3 aromatic rings. The molecule has 0 aliphatic heterocycles. The maximum Gasteiger partial charge on any atom is 0.208 e. The number of halogens is 2. The van der Waals surface area contributed by atoms with Gasteiger partial charge in [0.25, 0.3) is 0 Å². The van der Waals surface area contributed by atoms with Gasteiger partial charge < -0.3 is 14.6 Å². The van der Waals surface area contributed by atoms with Gasteiger partial charge in [-0.05, 0) is 48.6 Å². The first kappa shape index (κ1) is 18.9. The summed E-state index contributed by atoms with van der Waals surface area (Å²) in [6.45, 7) is 4.43. The Morgan fingerprint density at radius 2 is 1.88 bits per heavy atom. The van der Waals surface area contributed by atoms with Crippen molar-refractivity contribution in [3.05, 3.63) is 45.9 Å². The Morgan fingerprint density at radius 1 is 1.15 bits per heavy atom. The number of hydrogen-bond donors (Lipinski definition) is 1. The number of fused-ring (bicyclic) bond motifs is 1. The van der Waals surface area contributed by atoms with Gasteiger partial charge >= 0.3 is 0 Å². The number of ether oxygens (including phenoxy) is 1. The van der Waals surface area contributed by atoms with E-state index >= 15 is 0 Å². The van der Waals surface area contributed by atoms with E-state index in [4.69, 9.17) is 32.9 Å². The molecule has 0 aliphatic carbocycles. The Morgan fingerprint density at radius 3 is 2.50 bits per heavy atom. The molecule has 0 unspecified atom stereocenters. The summed E-state index contributed by atoms with van der Waals surface area (Å²) in [5, 5.41) is 4.47. The van der Waals surface area contributed by atoms with Crippen molar-refractivity contribution in [2.45, 2.75) is 32.6 Å². The number of benzene rings is 2. The van der Waals surface area contributed by atoms with E-state index in [2.05, 4.69) is 29.8 Å². The normalized spacial score (nSPS) is 11.3. The molecule has 0 fully saturated rings. The van der Waals surface area contributed by atoms with Crippen LogP contribution in [0.2, 0.25) is 10.0 Å². The van der Waals surface area contributed by atoms with Crippen LogP contribution in [-0.2, 0) is 7.05 Å². The number of nitrogens with zero attached hydrogens (tertiary/aromatic N) is 2. The minimum atomic E-state index is 0.478. The summed E-state index contributed by atoms with van der Waals surface area (Å²) in [7, 11) is 3.68. The molecule has 0 radical (unpaired) electrons. The lowest BCUT2D eigenvalue weighted by Crippen LogP contribution is -2.03. The van der Waals surface area contributed by atoms with Crippen LogP contribution in [-0.4, -0.2) is 16.7 Å². The topological polar surface area (TPSA) is 39.1 Å². The Balaban J connectivity index is 2.15. The molecule has 1 N–H and O–H groups in total. The van der Waals surface area contributed by atoms with Crippen molar-refractivity contribution in [1.29, 1.82) is 0 Å². The molecule has 0 aliphatic rings. The zero-order valence-corrected chi connectivity index (χ0v) is 16.9. The first-order valence-electron chi connectivity index (χ1n) is 8.75. The van der Waals surface area contributed by atoms with Crippen molar-refractivity contribution in [3.63, 3.8) is 0 Å². The van der Waals surface area contributed by atoms with E-state index in [9.17, 15) is 0 Å². The molecular formula is C20H23Cl2N3O. The van der Waals surface area contributed by atoms with Gasteiger partial charge in [0.15, 0.2) is 0 Å². The second-order valence-corrected chi connectivity index (χ2v) is 7.15. The van der Waals surface area contributed by atoms with E-state index in [1.165, 1.54) is 5.56 Å². The van der Waals surface area contributed by atoms with Crippen molar-refractivity contribution >= 4 is 45.9 Å². The van der Waals surface area contributed by atoms with Gasteiger partial charge in [0.2, 0.25) is 5.95 Å². The maximum absolute atomic E-state index is 6.31. The van der Waals surface area contributed by atoms with Crippen LogP contribution in [0.25, 0.3) is 11.0 Å². The average Bonchev–Trinajstić information content (AvgIpc) is 2.95. The van der Waals surface area contributed by atoms with Gasteiger partial charge in [0.1, 0.15) is 11.3 Å². The fourth-order valence-corrected chi connectivity index (χ4v) is 3.83. The summed E-state index contributed by atoms with van der Waals surface area (Å²) < 4.78 is 7.61. The van der Waals surface area contributed by atoms with Crippen molar-refractivity contribution in [1.82, 2.24) is 9.55 Å². The summed E-state index contributed by atoms with van der Waals surface area (Å²) in [6.07, 6.45) is 2.16. The third kappa shape index (κ3) is 3.36. The second kappa shape index (κ2) is 7.77. The van der Waals surface area contributed by atoms with Gasteiger partial charge in [-0.3, -0.25) is 0 Å². The standard InChI is InChI=1S/C20H23Cl2N3O/c1-5-12(6-2)14-8-10-17(26-4)18-19(14)25(3)20(24-18)23-16-9-7-13(21)11-15(16)22/h7-12H,5-6H2,1-4H3,(H,23,24). The minimum absolute atomic E-state index is 0.478. The van der Waals surface area contributed by atoms with E-state index in [1.807, 2.05) is 19.2 Å². The molecule has 0 bridgehead atoms. The predicted molar refractivity (Wildman–Crippen MR) is 110 cm³/mol. The lowest BCUT2D eigenvalue weighted by atomic mass is 9.92. The summed E-state index contributed by atoms with van der Waals surface area (Å²) in [5.41, 5.74) is 3.99. The fourth-order valence-electron chi connectivity index (χ4n) is 3.37. The molecule has 2 aromatic carbocycles. The van der Waals surface area contributed by atoms with Gasteiger partial charge in [-0.2, -0.15) is 0 Å². The molecular weight excluding hydrogens is 369 g/mol. The molecule has 0 saturated carbocycles. The van der Waals surface area contributed by atoms with Crippen LogP contribution in [0, 0.1) is 0 Å². The van der Waals surface area contributed by atoms with Gasteiger partial charge in [-0.1, -0.05) is 43.1 Å². The number of rotatable bonds is 6. The Kier molecular flexibility index (Phi) is 5.64. The highest BCUT2D eigenvalue weighted by atomic mass is 35.5. The highest BCUT2D eigenvalue weighted by molar-refractivity contribution is 6.36. The molecule has 6 heteroatoms.